The van der Waals surface area contributed by atoms with Gasteiger partial charge in [-0.3, -0.25) is 4.79 Å². The van der Waals surface area contributed by atoms with E-state index in [1.54, 1.807) is 14.2 Å². The first-order valence-electron chi connectivity index (χ1n) is 10.1. The summed E-state index contributed by atoms with van der Waals surface area (Å²) < 4.78 is 18.7. The van der Waals surface area contributed by atoms with Crippen LogP contribution in [0.3, 0.4) is 0 Å². The molecule has 1 atom stereocenters. The molecule has 0 unspecified atom stereocenters. The molecule has 0 N–H and O–H groups in total. The smallest absolute Gasteiger partial charge is 0.223 e. The third kappa shape index (κ3) is 4.03. The summed E-state index contributed by atoms with van der Waals surface area (Å²) in [6.07, 6.45) is 3.26. The van der Waals surface area contributed by atoms with Crippen LogP contribution in [0.2, 0.25) is 0 Å². The van der Waals surface area contributed by atoms with Gasteiger partial charge in [0, 0.05) is 43.4 Å². The number of aryl methyl sites for hydroxylation is 1. The number of carbonyl (C=O) groups excluding carboxylic acids is 1. The zero-order chi connectivity index (χ0) is 21.1. The molecule has 1 aromatic carbocycles. The summed E-state index contributed by atoms with van der Waals surface area (Å²) in [5.74, 6) is 2.51. The van der Waals surface area contributed by atoms with Crippen molar-refractivity contribution in [3.63, 3.8) is 0 Å². The van der Waals surface area contributed by atoms with Gasteiger partial charge < -0.3 is 23.4 Å². The number of fused-ring (bicyclic) bond motifs is 1. The third-order valence-electron chi connectivity index (χ3n) is 5.55. The number of carbonyl (C=O) groups is 1. The molecule has 158 valence electrons. The van der Waals surface area contributed by atoms with Crippen LogP contribution >= 0.6 is 0 Å². The Hall–Kier alpha value is -3.29. The standard InChI is InChI=1S/C22H26N4O4/c1-15-18-5-4-10-25(18)11-12-26(15)22(27)9-8-20-23-24-21(30-20)14-16-13-17(28-2)6-7-19(16)29-3/h4-7,10,13,15H,8-9,11-12,14H2,1-3H3/t15-/m1/s1. The number of nitrogens with zero attached hydrogens (tertiary/aromatic N) is 4. The van der Waals surface area contributed by atoms with Gasteiger partial charge in [0.2, 0.25) is 17.7 Å². The molecule has 0 fully saturated rings. The van der Waals surface area contributed by atoms with Crippen LogP contribution in [0.25, 0.3) is 0 Å². The Morgan fingerprint density at radius 3 is 2.80 bits per heavy atom. The molecular weight excluding hydrogens is 384 g/mol. The van der Waals surface area contributed by atoms with Gasteiger partial charge >= 0.3 is 0 Å². The van der Waals surface area contributed by atoms with Crippen LogP contribution in [0.4, 0.5) is 0 Å². The Balaban J connectivity index is 1.37. The average molecular weight is 410 g/mol. The van der Waals surface area contributed by atoms with Crippen molar-refractivity contribution in [3.8, 4) is 11.5 Å². The lowest BCUT2D eigenvalue weighted by atomic mass is 10.1. The first-order valence-corrected chi connectivity index (χ1v) is 10.1. The molecule has 0 aliphatic carbocycles. The molecule has 1 amide bonds. The lowest BCUT2D eigenvalue weighted by Crippen LogP contribution is -2.40. The first-order chi connectivity index (χ1) is 14.6. The van der Waals surface area contributed by atoms with E-state index in [2.05, 4.69) is 34.0 Å². The first kappa shape index (κ1) is 20.0. The van der Waals surface area contributed by atoms with Crippen LogP contribution in [0.1, 0.15) is 42.4 Å². The van der Waals surface area contributed by atoms with Crippen LogP contribution < -0.4 is 9.47 Å². The average Bonchev–Trinajstić information content (AvgIpc) is 3.42. The van der Waals surface area contributed by atoms with E-state index in [-0.39, 0.29) is 11.9 Å². The Bertz CT molecular complexity index is 1030. The van der Waals surface area contributed by atoms with Crippen molar-refractivity contribution < 1.29 is 18.7 Å². The number of hydrogen-bond donors (Lipinski definition) is 0. The predicted octanol–water partition coefficient (Wildman–Crippen LogP) is 3.02. The fourth-order valence-corrected chi connectivity index (χ4v) is 3.92. The van der Waals surface area contributed by atoms with Crippen LogP contribution in [0.15, 0.2) is 40.9 Å². The summed E-state index contributed by atoms with van der Waals surface area (Å²) in [4.78, 5) is 14.7. The molecule has 0 radical (unpaired) electrons. The van der Waals surface area contributed by atoms with Crippen molar-refractivity contribution in [1.29, 1.82) is 0 Å². The van der Waals surface area contributed by atoms with E-state index in [0.717, 1.165) is 23.6 Å². The highest BCUT2D eigenvalue weighted by atomic mass is 16.5. The van der Waals surface area contributed by atoms with Crippen LogP contribution in [0, 0.1) is 0 Å². The van der Waals surface area contributed by atoms with E-state index in [1.807, 2.05) is 29.2 Å². The van der Waals surface area contributed by atoms with Crippen molar-refractivity contribution in [2.24, 2.45) is 0 Å². The van der Waals surface area contributed by atoms with Crippen LogP contribution in [-0.2, 0) is 24.2 Å². The Morgan fingerprint density at radius 2 is 2.00 bits per heavy atom. The van der Waals surface area contributed by atoms with Gasteiger partial charge in [-0.25, -0.2) is 0 Å². The SMILES string of the molecule is COc1ccc(OC)c(Cc2nnc(CCC(=O)N3CCn4cccc4[C@H]3C)o2)c1. The molecule has 3 aromatic rings. The molecule has 4 rings (SSSR count). The molecule has 8 nitrogen and oxygen atoms in total. The van der Waals surface area contributed by atoms with E-state index in [4.69, 9.17) is 13.9 Å². The Kier molecular flexibility index (Phi) is 5.74. The zero-order valence-corrected chi connectivity index (χ0v) is 17.5. The number of aromatic nitrogens is 3. The minimum Gasteiger partial charge on any atom is -0.497 e. The molecule has 0 saturated heterocycles. The maximum absolute atomic E-state index is 12.8. The van der Waals surface area contributed by atoms with Crippen LogP contribution in [-0.4, -0.2) is 46.3 Å². The van der Waals surface area contributed by atoms with E-state index < -0.39 is 0 Å². The van der Waals surface area contributed by atoms with Crippen LogP contribution in [0.5, 0.6) is 11.5 Å². The number of amides is 1. The van der Waals surface area contributed by atoms with Crippen molar-refractivity contribution in [1.82, 2.24) is 19.7 Å². The molecule has 3 heterocycles. The molecule has 0 spiro atoms. The summed E-state index contributed by atoms with van der Waals surface area (Å²) in [6.45, 7) is 3.60. The monoisotopic (exact) mass is 410 g/mol. The van der Waals surface area contributed by atoms with Crippen molar-refractivity contribution >= 4 is 5.91 Å². The molecular formula is C22H26N4O4. The van der Waals surface area contributed by atoms with Gasteiger partial charge in [-0.2, -0.15) is 0 Å². The van der Waals surface area contributed by atoms with E-state index >= 15 is 0 Å². The zero-order valence-electron chi connectivity index (χ0n) is 17.5. The van der Waals surface area contributed by atoms with E-state index in [9.17, 15) is 4.79 Å². The molecule has 0 saturated carbocycles. The topological polar surface area (TPSA) is 82.6 Å². The molecule has 0 bridgehead atoms. The number of hydrogen-bond acceptors (Lipinski definition) is 6. The highest BCUT2D eigenvalue weighted by Gasteiger charge is 2.27. The van der Waals surface area contributed by atoms with Gasteiger partial charge in [-0.05, 0) is 37.3 Å². The second-order valence-corrected chi connectivity index (χ2v) is 7.33. The normalized spacial score (nSPS) is 15.7. The van der Waals surface area contributed by atoms with Gasteiger partial charge in [0.25, 0.3) is 0 Å². The molecule has 1 aliphatic rings. The van der Waals surface area contributed by atoms with Gasteiger partial charge in [-0.15, -0.1) is 10.2 Å². The van der Waals surface area contributed by atoms with Crippen molar-refractivity contribution in [2.45, 2.75) is 38.8 Å². The van der Waals surface area contributed by atoms with Crippen molar-refractivity contribution in [3.05, 3.63) is 59.6 Å². The number of rotatable bonds is 7. The quantitative estimate of drug-likeness (QED) is 0.595. The summed E-state index contributed by atoms with van der Waals surface area (Å²) in [5, 5.41) is 8.24. The maximum Gasteiger partial charge on any atom is 0.223 e. The third-order valence-corrected chi connectivity index (χ3v) is 5.55. The minimum atomic E-state index is 0.0695. The Labute approximate surface area is 175 Å². The minimum absolute atomic E-state index is 0.0695. The molecule has 8 heteroatoms. The number of methoxy groups -OCH3 is 2. The predicted molar refractivity (Wildman–Crippen MR) is 110 cm³/mol. The van der Waals surface area contributed by atoms with Gasteiger partial charge in [0.05, 0.1) is 26.7 Å². The fourth-order valence-electron chi connectivity index (χ4n) is 3.92. The number of ether oxygens (including phenoxy) is 2. The van der Waals surface area contributed by atoms with Gasteiger partial charge in [0.1, 0.15) is 11.5 Å². The second kappa shape index (κ2) is 8.61. The lowest BCUT2D eigenvalue weighted by molar-refractivity contribution is -0.134. The van der Waals surface area contributed by atoms with Gasteiger partial charge in [0.15, 0.2) is 0 Å². The summed E-state index contributed by atoms with van der Waals surface area (Å²) in [6, 6.07) is 9.74. The second-order valence-electron chi connectivity index (χ2n) is 7.33. The number of benzene rings is 1. The fraction of sp³-hybridized carbons (Fsp3) is 0.409. The van der Waals surface area contributed by atoms with Crippen molar-refractivity contribution in [2.75, 3.05) is 20.8 Å². The summed E-state index contributed by atoms with van der Waals surface area (Å²) >= 11 is 0. The van der Waals surface area contributed by atoms with E-state index in [0.29, 0.717) is 37.6 Å². The lowest BCUT2D eigenvalue weighted by Gasteiger charge is -2.35. The van der Waals surface area contributed by atoms with E-state index in [1.165, 1.54) is 5.69 Å². The largest absolute Gasteiger partial charge is 0.497 e. The molecule has 1 aliphatic heterocycles. The van der Waals surface area contributed by atoms with Gasteiger partial charge in [-0.1, -0.05) is 0 Å². The molecule has 2 aromatic heterocycles. The summed E-state index contributed by atoms with van der Waals surface area (Å²) in [7, 11) is 3.24. The highest BCUT2D eigenvalue weighted by Crippen LogP contribution is 2.27. The summed E-state index contributed by atoms with van der Waals surface area (Å²) in [5.41, 5.74) is 2.06. The Morgan fingerprint density at radius 1 is 1.17 bits per heavy atom. The molecule has 30 heavy (non-hydrogen) atoms. The highest BCUT2D eigenvalue weighted by molar-refractivity contribution is 5.77. The maximum atomic E-state index is 12.8.